The topological polar surface area (TPSA) is 178 Å². The lowest BCUT2D eigenvalue weighted by molar-refractivity contribution is -0.340. The summed E-state index contributed by atoms with van der Waals surface area (Å²) in [6, 6.07) is -1.36. The Balaban J connectivity index is 2.08. The van der Waals surface area contributed by atoms with Crippen LogP contribution in [0.4, 0.5) is 0 Å². The second kappa shape index (κ2) is 5.41. The van der Waals surface area contributed by atoms with E-state index in [1.165, 1.54) is 0 Å². The van der Waals surface area contributed by atoms with E-state index in [1.54, 1.807) is 0 Å². The van der Waals surface area contributed by atoms with E-state index in [4.69, 9.17) is 9.29 Å². The fourth-order valence-corrected chi connectivity index (χ4v) is 2.87. The summed E-state index contributed by atoms with van der Waals surface area (Å²) in [7, 11) is -9.02. The second-order valence-corrected chi connectivity index (χ2v) is 6.37. The van der Waals surface area contributed by atoms with Crippen molar-refractivity contribution in [1.82, 2.24) is 4.72 Å². The highest BCUT2D eigenvalue weighted by molar-refractivity contribution is 7.84. The molecule has 0 unspecified atom stereocenters. The molecular weight excluding hydrogens is 326 g/mol. The molecule has 0 spiro atoms. The third kappa shape index (κ3) is 3.61. The maximum atomic E-state index is 11.1. The smallest absolute Gasteiger partial charge is 0.387 e. The Labute approximate surface area is 113 Å². The Kier molecular flexibility index (Phi) is 4.32. The van der Waals surface area contributed by atoms with Gasteiger partial charge < -0.3 is 14.9 Å². The minimum Gasteiger partial charge on any atom is -0.387 e. The van der Waals surface area contributed by atoms with Crippen LogP contribution in [0.1, 0.15) is 0 Å². The van der Waals surface area contributed by atoms with Crippen molar-refractivity contribution in [3.8, 4) is 0 Å². The molecule has 5 atom stereocenters. The number of nitrogens with one attached hydrogen (secondary N) is 1. The monoisotopic (exact) mass is 337 g/mol. The lowest BCUT2D eigenvalue weighted by Crippen LogP contribution is -2.67. The Hall–Kier alpha value is -0.420. The fourth-order valence-electron chi connectivity index (χ4n) is 1.75. The van der Waals surface area contributed by atoms with Crippen molar-refractivity contribution >= 4 is 20.7 Å². The molecule has 14 heteroatoms. The predicted octanol–water partition coefficient (Wildman–Crippen LogP) is -3.58. The predicted molar refractivity (Wildman–Crippen MR) is 56.2 cm³/mol. The first-order valence-corrected chi connectivity index (χ1v) is 7.87. The van der Waals surface area contributed by atoms with Gasteiger partial charge in [0.05, 0.1) is 6.61 Å². The van der Waals surface area contributed by atoms with Gasteiger partial charge in [0.1, 0.15) is 24.4 Å². The zero-order chi connectivity index (χ0) is 15.1. The van der Waals surface area contributed by atoms with Crippen molar-refractivity contribution < 1.29 is 49.7 Å². The van der Waals surface area contributed by atoms with E-state index >= 15 is 0 Å². The molecule has 2 saturated heterocycles. The van der Waals surface area contributed by atoms with Crippen LogP contribution in [0, 0.1) is 0 Å². The SMILES string of the molecule is O=S(=O)(O)OC[C@H]1O[C@H](O)[C@@H]2NS(=O)(=O)OO[C@H]2[C@@H]1O. The lowest BCUT2D eigenvalue weighted by Gasteiger charge is -2.43. The van der Waals surface area contributed by atoms with Crippen molar-refractivity contribution in [2.75, 3.05) is 6.61 Å². The molecule has 2 heterocycles. The molecule has 12 nitrogen and oxygen atoms in total. The number of rotatable bonds is 3. The fraction of sp³-hybridized carbons (Fsp3) is 1.00. The highest BCUT2D eigenvalue weighted by Gasteiger charge is 2.51. The van der Waals surface area contributed by atoms with Crippen molar-refractivity contribution in [2.24, 2.45) is 0 Å². The van der Waals surface area contributed by atoms with E-state index in [1.807, 2.05) is 4.72 Å². The number of aliphatic hydroxyl groups is 2. The molecule has 0 aromatic heterocycles. The van der Waals surface area contributed by atoms with Crippen LogP contribution in [0.2, 0.25) is 0 Å². The average molecular weight is 337 g/mol. The summed E-state index contributed by atoms with van der Waals surface area (Å²) in [5, 5.41) is 19.4. The quantitative estimate of drug-likeness (QED) is 0.295. The van der Waals surface area contributed by atoms with E-state index in [0.717, 1.165) is 0 Å². The van der Waals surface area contributed by atoms with Crippen LogP contribution < -0.4 is 4.72 Å². The maximum Gasteiger partial charge on any atom is 0.397 e. The lowest BCUT2D eigenvalue weighted by atomic mass is 9.98. The van der Waals surface area contributed by atoms with Gasteiger partial charge in [0.15, 0.2) is 6.29 Å². The summed E-state index contributed by atoms with van der Waals surface area (Å²) in [4.78, 5) is 4.43. The highest BCUT2D eigenvalue weighted by Crippen LogP contribution is 2.26. The first-order chi connectivity index (χ1) is 9.09. The zero-order valence-electron chi connectivity index (χ0n) is 9.52. The van der Waals surface area contributed by atoms with E-state index < -0.39 is 58.0 Å². The van der Waals surface area contributed by atoms with Crippen LogP contribution in [-0.2, 0) is 38.8 Å². The van der Waals surface area contributed by atoms with Gasteiger partial charge in [0.2, 0.25) is 0 Å². The summed E-state index contributed by atoms with van der Waals surface area (Å²) in [6.07, 6.45) is -6.11. The summed E-state index contributed by atoms with van der Waals surface area (Å²) >= 11 is 0. The third-order valence-electron chi connectivity index (χ3n) is 2.59. The first kappa shape index (κ1) is 16.0. The third-order valence-corrected chi connectivity index (χ3v) is 3.85. The Bertz CT molecular complexity index is 557. The molecule has 118 valence electrons. The maximum absolute atomic E-state index is 11.1. The molecule has 0 amide bonds. The molecule has 0 aromatic rings. The standard InChI is InChI=1S/C6H11NO11S2/c8-4-2(1-15-20(12,13)14)16-6(9)3-5(4)17-18-19(10,11)7-3/h2-9H,1H2,(H,12,13,14)/t2-,3-,4-,5-,6+/m1/s1. The van der Waals surface area contributed by atoms with Crippen LogP contribution in [-0.4, -0.2) is 68.9 Å². The minimum absolute atomic E-state index is 0.823. The largest absolute Gasteiger partial charge is 0.397 e. The molecule has 20 heavy (non-hydrogen) atoms. The molecule has 0 aromatic carbocycles. The highest BCUT2D eigenvalue weighted by atomic mass is 32.3. The van der Waals surface area contributed by atoms with Crippen molar-refractivity contribution in [3.63, 3.8) is 0 Å². The molecular formula is C6H11NO11S2. The zero-order valence-corrected chi connectivity index (χ0v) is 11.2. The average Bonchev–Trinajstić information content (AvgIpc) is 2.30. The van der Waals surface area contributed by atoms with Gasteiger partial charge in [0, 0.05) is 0 Å². The van der Waals surface area contributed by atoms with Crippen LogP contribution in [0.5, 0.6) is 0 Å². The van der Waals surface area contributed by atoms with Crippen LogP contribution in [0.3, 0.4) is 0 Å². The number of hydrogen-bond acceptors (Lipinski definition) is 10. The Morgan fingerprint density at radius 1 is 1.30 bits per heavy atom. The first-order valence-electron chi connectivity index (χ1n) is 5.10. The second-order valence-electron chi connectivity index (χ2n) is 3.99. The number of aliphatic hydroxyl groups excluding tert-OH is 2. The van der Waals surface area contributed by atoms with Crippen LogP contribution in [0.25, 0.3) is 0 Å². The molecule has 0 saturated carbocycles. The molecule has 0 aliphatic carbocycles. The summed E-state index contributed by atoms with van der Waals surface area (Å²) in [5.41, 5.74) is 0. The number of hydrogen-bond donors (Lipinski definition) is 4. The summed E-state index contributed by atoms with van der Waals surface area (Å²) in [5.74, 6) is 0. The molecule has 0 bridgehead atoms. The van der Waals surface area contributed by atoms with E-state index in [-0.39, 0.29) is 0 Å². The van der Waals surface area contributed by atoms with Crippen molar-refractivity contribution in [3.05, 3.63) is 0 Å². The molecule has 0 radical (unpaired) electrons. The van der Waals surface area contributed by atoms with Gasteiger partial charge in [-0.1, -0.05) is 4.33 Å². The molecule has 2 aliphatic heterocycles. The van der Waals surface area contributed by atoms with Gasteiger partial charge in [-0.15, -0.1) is 0 Å². The Morgan fingerprint density at radius 2 is 1.95 bits per heavy atom. The van der Waals surface area contributed by atoms with Crippen molar-refractivity contribution in [2.45, 2.75) is 30.6 Å². The van der Waals surface area contributed by atoms with Gasteiger partial charge in [-0.25, -0.2) is 9.07 Å². The van der Waals surface area contributed by atoms with E-state index in [9.17, 15) is 27.0 Å². The summed E-state index contributed by atoms with van der Waals surface area (Å²) in [6.45, 7) is -0.823. The number of fused-ring (bicyclic) bond motifs is 1. The molecule has 2 aliphatic rings. The molecule has 2 fully saturated rings. The van der Waals surface area contributed by atoms with Crippen molar-refractivity contribution in [1.29, 1.82) is 0 Å². The van der Waals surface area contributed by atoms with Gasteiger partial charge in [-0.2, -0.15) is 21.6 Å². The molecule has 4 N–H and O–H groups in total. The Morgan fingerprint density at radius 3 is 2.55 bits per heavy atom. The summed E-state index contributed by atoms with van der Waals surface area (Å²) < 4.78 is 66.0. The van der Waals surface area contributed by atoms with Gasteiger partial charge >= 0.3 is 20.7 Å². The van der Waals surface area contributed by atoms with E-state index in [2.05, 4.69) is 13.4 Å². The van der Waals surface area contributed by atoms with Crippen LogP contribution >= 0.6 is 0 Å². The minimum atomic E-state index is -4.77. The number of ether oxygens (including phenoxy) is 1. The van der Waals surface area contributed by atoms with Gasteiger partial charge in [0.25, 0.3) is 0 Å². The van der Waals surface area contributed by atoms with Gasteiger partial charge in [-0.3, -0.25) is 4.55 Å². The van der Waals surface area contributed by atoms with E-state index in [0.29, 0.717) is 0 Å². The van der Waals surface area contributed by atoms with Crippen LogP contribution in [0.15, 0.2) is 0 Å². The molecule has 2 rings (SSSR count). The normalized spacial score (nSPS) is 41.0. The van der Waals surface area contributed by atoms with Gasteiger partial charge in [-0.05, 0) is 0 Å².